The molecule has 1 rings (SSSR count). The zero-order valence-corrected chi connectivity index (χ0v) is 11.7. The Balaban J connectivity index is 2.65. The van der Waals surface area contributed by atoms with E-state index in [0.29, 0.717) is 5.02 Å². The summed E-state index contributed by atoms with van der Waals surface area (Å²) in [4.78, 5) is 11.9. The number of hydrogen-bond donors (Lipinski definition) is 0. The highest BCUT2D eigenvalue weighted by Gasteiger charge is 2.26. The summed E-state index contributed by atoms with van der Waals surface area (Å²) in [5.41, 5.74) is 0. The van der Waals surface area contributed by atoms with Crippen LogP contribution < -0.4 is 0 Å². The molecular weight excluding hydrogens is 297 g/mol. The molecule has 0 spiro atoms. The summed E-state index contributed by atoms with van der Waals surface area (Å²) in [7, 11) is 0. The van der Waals surface area contributed by atoms with Crippen LogP contribution in [0.15, 0.2) is 24.3 Å². The van der Waals surface area contributed by atoms with Crippen molar-refractivity contribution in [3.8, 4) is 0 Å². The molecule has 1 aromatic heterocycles. The van der Waals surface area contributed by atoms with E-state index in [4.69, 9.17) is 16.3 Å². The van der Waals surface area contributed by atoms with Gasteiger partial charge >= 0.3 is 12.0 Å². The molecule has 8 heteroatoms. The van der Waals surface area contributed by atoms with Crippen LogP contribution in [0.5, 0.6) is 0 Å². The molecule has 0 aromatic carbocycles. The molecule has 0 aliphatic heterocycles. The molecule has 1 aromatic rings. The predicted molar refractivity (Wildman–Crippen MR) is 67.0 cm³/mol. The Labute approximate surface area is 119 Å². The molecule has 4 nitrogen and oxygen atoms in total. The molecule has 1 unspecified atom stereocenters. The van der Waals surface area contributed by atoms with Crippen LogP contribution >= 0.6 is 11.6 Å². The summed E-state index contributed by atoms with van der Waals surface area (Å²) in [5.74, 6) is -2.41. The molecule has 0 saturated carbocycles. The Morgan fingerprint density at radius 3 is 2.55 bits per heavy atom. The van der Waals surface area contributed by atoms with Crippen LogP contribution in [0.3, 0.4) is 0 Å². The molecule has 112 valence electrons. The number of nitrogens with zero attached hydrogens (tertiary/aromatic N) is 2. The number of rotatable bonds is 6. The van der Waals surface area contributed by atoms with Crippen molar-refractivity contribution < 1.29 is 22.7 Å². The van der Waals surface area contributed by atoms with Crippen molar-refractivity contribution in [2.45, 2.75) is 26.3 Å². The van der Waals surface area contributed by atoms with E-state index >= 15 is 0 Å². The Morgan fingerprint density at radius 1 is 1.45 bits per heavy atom. The van der Waals surface area contributed by atoms with Crippen molar-refractivity contribution in [1.29, 1.82) is 0 Å². The Kier molecular flexibility index (Phi) is 6.06. The predicted octanol–water partition coefficient (Wildman–Crippen LogP) is 3.74. The lowest BCUT2D eigenvalue weighted by molar-refractivity contribution is -0.149. The van der Waals surface area contributed by atoms with Crippen molar-refractivity contribution in [2.75, 3.05) is 6.61 Å². The number of aromatic nitrogens is 2. The Hall–Kier alpha value is -1.50. The lowest BCUT2D eigenvalue weighted by Crippen LogP contribution is -2.27. The molecule has 0 aliphatic rings. The van der Waals surface area contributed by atoms with E-state index in [0.717, 1.165) is 0 Å². The highest BCUT2D eigenvalue weighted by molar-refractivity contribution is 6.30. The molecule has 20 heavy (non-hydrogen) atoms. The van der Waals surface area contributed by atoms with Gasteiger partial charge in [-0.1, -0.05) is 25.4 Å². The number of carbonyl (C=O) groups excluding carboxylic acids is 1. The molecule has 0 fully saturated rings. The quantitative estimate of drug-likeness (QED) is 0.752. The van der Waals surface area contributed by atoms with Gasteiger partial charge in [0.15, 0.2) is 11.9 Å². The van der Waals surface area contributed by atoms with Gasteiger partial charge in [0.25, 0.3) is 0 Å². The number of halogens is 4. The molecular formula is C12H14ClF3N2O2. The first-order valence-electron chi connectivity index (χ1n) is 5.89. The minimum Gasteiger partial charge on any atom is -0.464 e. The van der Waals surface area contributed by atoms with E-state index in [-0.39, 0.29) is 5.92 Å². The van der Waals surface area contributed by atoms with Crippen LogP contribution in [0.2, 0.25) is 5.02 Å². The van der Waals surface area contributed by atoms with Gasteiger partial charge in [-0.15, -0.1) is 0 Å². The summed E-state index contributed by atoms with van der Waals surface area (Å²) in [5, 5.41) is 4.27. The van der Waals surface area contributed by atoms with Gasteiger partial charge in [-0.3, -0.25) is 4.68 Å². The average molecular weight is 311 g/mol. The van der Waals surface area contributed by atoms with Gasteiger partial charge in [0.1, 0.15) is 0 Å². The van der Waals surface area contributed by atoms with Crippen LogP contribution in [0.1, 0.15) is 26.3 Å². The highest BCUT2D eigenvalue weighted by Crippen LogP contribution is 2.21. The largest absolute Gasteiger partial charge is 0.464 e. The van der Waals surface area contributed by atoms with Gasteiger partial charge in [0.2, 0.25) is 0 Å². The number of carbonyl (C=O) groups is 1. The van der Waals surface area contributed by atoms with Gasteiger partial charge < -0.3 is 4.74 Å². The Morgan fingerprint density at radius 2 is 2.10 bits per heavy atom. The fourth-order valence-corrected chi connectivity index (χ4v) is 1.72. The van der Waals surface area contributed by atoms with E-state index in [1.165, 1.54) is 17.1 Å². The van der Waals surface area contributed by atoms with Gasteiger partial charge in [-0.25, -0.2) is 9.18 Å². The molecule has 1 atom stereocenters. The van der Waals surface area contributed by atoms with Crippen molar-refractivity contribution in [3.05, 3.63) is 29.3 Å². The maximum absolute atomic E-state index is 12.6. The smallest absolute Gasteiger partial charge is 0.331 e. The van der Waals surface area contributed by atoms with E-state index in [1.807, 2.05) is 0 Å². The summed E-state index contributed by atoms with van der Waals surface area (Å²) < 4.78 is 42.4. The monoisotopic (exact) mass is 310 g/mol. The van der Waals surface area contributed by atoms with Crippen molar-refractivity contribution in [3.63, 3.8) is 0 Å². The molecule has 0 aliphatic carbocycles. The summed E-state index contributed by atoms with van der Waals surface area (Å²) >= 11 is 5.72. The third-order valence-corrected chi connectivity index (χ3v) is 2.69. The van der Waals surface area contributed by atoms with Gasteiger partial charge in [0.05, 0.1) is 17.8 Å². The minimum absolute atomic E-state index is 0.156. The van der Waals surface area contributed by atoms with Gasteiger partial charge in [-0.05, 0) is 5.92 Å². The van der Waals surface area contributed by atoms with Gasteiger partial charge in [-0.2, -0.15) is 13.9 Å². The lowest BCUT2D eigenvalue weighted by atomic mass is 10.1. The number of hydrogen-bond acceptors (Lipinski definition) is 3. The molecule has 0 saturated heterocycles. The molecule has 1 heterocycles. The topological polar surface area (TPSA) is 44.1 Å². The van der Waals surface area contributed by atoms with Gasteiger partial charge in [0, 0.05) is 12.6 Å². The standard InChI is InChI=1S/C12H14ClF3N2O2/c1-7(2)10(18-6-8(13)5-17-18)12(19)20-4-3-9(14)11(15)16/h5-7,10H,3-4H2,1-2H3. The lowest BCUT2D eigenvalue weighted by Gasteiger charge is -2.19. The van der Waals surface area contributed by atoms with Crippen LogP contribution in [0.4, 0.5) is 13.2 Å². The zero-order chi connectivity index (χ0) is 15.3. The third kappa shape index (κ3) is 4.56. The summed E-state index contributed by atoms with van der Waals surface area (Å²) in [6.45, 7) is 3.08. The maximum atomic E-state index is 12.6. The van der Waals surface area contributed by atoms with Crippen LogP contribution in [0.25, 0.3) is 0 Å². The molecule has 0 radical (unpaired) electrons. The molecule has 0 amide bonds. The van der Waals surface area contributed by atoms with Crippen LogP contribution in [-0.2, 0) is 9.53 Å². The van der Waals surface area contributed by atoms with E-state index in [1.54, 1.807) is 13.8 Å². The van der Waals surface area contributed by atoms with E-state index in [2.05, 4.69) is 5.10 Å². The van der Waals surface area contributed by atoms with E-state index < -0.39 is 36.9 Å². The Bertz CT molecular complexity index is 499. The van der Waals surface area contributed by atoms with Crippen LogP contribution in [-0.4, -0.2) is 22.4 Å². The van der Waals surface area contributed by atoms with Crippen LogP contribution in [0, 0.1) is 5.92 Å². The van der Waals surface area contributed by atoms with Crippen molar-refractivity contribution >= 4 is 17.6 Å². The molecule has 0 bridgehead atoms. The first kappa shape index (κ1) is 16.6. The number of ether oxygens (including phenoxy) is 1. The van der Waals surface area contributed by atoms with E-state index in [9.17, 15) is 18.0 Å². The second kappa shape index (κ2) is 7.33. The average Bonchev–Trinajstić information content (AvgIpc) is 2.74. The minimum atomic E-state index is -2.40. The first-order chi connectivity index (χ1) is 9.32. The third-order valence-electron chi connectivity index (χ3n) is 2.50. The fraction of sp³-hybridized carbons (Fsp3) is 0.500. The highest BCUT2D eigenvalue weighted by atomic mass is 35.5. The number of esters is 1. The maximum Gasteiger partial charge on any atom is 0.331 e. The fourth-order valence-electron chi connectivity index (χ4n) is 1.57. The normalized spacial score (nSPS) is 12.3. The summed E-state index contributed by atoms with van der Waals surface area (Å²) in [6.07, 6.45) is -0.237. The second-order valence-corrected chi connectivity index (χ2v) is 4.85. The summed E-state index contributed by atoms with van der Waals surface area (Å²) in [6, 6.07) is -0.746. The second-order valence-electron chi connectivity index (χ2n) is 4.41. The van der Waals surface area contributed by atoms with Crippen molar-refractivity contribution in [1.82, 2.24) is 9.78 Å². The first-order valence-corrected chi connectivity index (χ1v) is 6.26. The van der Waals surface area contributed by atoms with Crippen molar-refractivity contribution in [2.24, 2.45) is 5.92 Å². The molecule has 0 N–H and O–H groups in total. The zero-order valence-electron chi connectivity index (χ0n) is 10.9. The SMILES string of the molecule is CC(C)C(C(=O)OCCC(F)=C(F)F)n1cc(Cl)cn1.